The molecule has 1 aromatic rings. The maximum Gasteiger partial charge on any atom is 0.0594 e. The molecule has 0 saturated carbocycles. The standard InChI is InChI=1S/C11H14N2/c1-2-10-4-6-11(7-5-10)13-9-3-8-12-13/h4-8H,2-3,9H2,1H3. The summed E-state index contributed by atoms with van der Waals surface area (Å²) < 4.78 is 0. The minimum atomic E-state index is 1.02. The van der Waals surface area contributed by atoms with E-state index in [-0.39, 0.29) is 0 Å². The second-order valence-electron chi connectivity index (χ2n) is 3.23. The molecule has 0 bridgehead atoms. The van der Waals surface area contributed by atoms with Gasteiger partial charge in [-0.2, -0.15) is 5.10 Å². The van der Waals surface area contributed by atoms with Crippen LogP contribution in [0.2, 0.25) is 0 Å². The van der Waals surface area contributed by atoms with Gasteiger partial charge in [0.2, 0.25) is 0 Å². The van der Waals surface area contributed by atoms with Crippen LogP contribution in [0.5, 0.6) is 0 Å². The summed E-state index contributed by atoms with van der Waals surface area (Å²) in [5, 5.41) is 6.31. The molecule has 2 heteroatoms. The zero-order chi connectivity index (χ0) is 9.10. The number of benzene rings is 1. The fourth-order valence-corrected chi connectivity index (χ4v) is 1.49. The van der Waals surface area contributed by atoms with Crippen LogP contribution in [0.3, 0.4) is 0 Å². The number of hydrogen-bond donors (Lipinski definition) is 0. The van der Waals surface area contributed by atoms with Gasteiger partial charge in [0, 0.05) is 19.2 Å². The third kappa shape index (κ3) is 1.72. The van der Waals surface area contributed by atoms with E-state index in [1.165, 1.54) is 11.3 Å². The highest BCUT2D eigenvalue weighted by Crippen LogP contribution is 2.17. The van der Waals surface area contributed by atoms with E-state index in [0.29, 0.717) is 0 Å². The van der Waals surface area contributed by atoms with Crippen molar-refractivity contribution in [3.63, 3.8) is 0 Å². The van der Waals surface area contributed by atoms with Gasteiger partial charge in [-0.15, -0.1) is 0 Å². The maximum absolute atomic E-state index is 4.27. The number of aryl methyl sites for hydroxylation is 1. The Morgan fingerprint density at radius 3 is 2.62 bits per heavy atom. The Kier molecular flexibility index (Phi) is 2.30. The predicted molar refractivity (Wildman–Crippen MR) is 56.3 cm³/mol. The van der Waals surface area contributed by atoms with Crippen molar-refractivity contribution >= 4 is 11.9 Å². The predicted octanol–water partition coefficient (Wildman–Crippen LogP) is 2.44. The molecule has 0 atom stereocenters. The Labute approximate surface area is 78.9 Å². The molecule has 0 spiro atoms. The molecule has 13 heavy (non-hydrogen) atoms. The molecule has 0 unspecified atom stereocenters. The van der Waals surface area contributed by atoms with Gasteiger partial charge in [0.1, 0.15) is 0 Å². The number of rotatable bonds is 2. The van der Waals surface area contributed by atoms with E-state index < -0.39 is 0 Å². The van der Waals surface area contributed by atoms with Crippen molar-refractivity contribution in [2.45, 2.75) is 19.8 Å². The minimum absolute atomic E-state index is 1.02. The van der Waals surface area contributed by atoms with Crippen LogP contribution in [0.15, 0.2) is 29.4 Å². The summed E-state index contributed by atoms with van der Waals surface area (Å²) in [6, 6.07) is 8.62. The molecule has 1 heterocycles. The molecule has 1 aliphatic rings. The highest BCUT2D eigenvalue weighted by atomic mass is 15.5. The molecule has 0 aromatic heterocycles. The molecule has 1 aliphatic heterocycles. The molecular formula is C11H14N2. The lowest BCUT2D eigenvalue weighted by atomic mass is 10.1. The lowest BCUT2D eigenvalue weighted by Gasteiger charge is -2.13. The molecule has 0 radical (unpaired) electrons. The largest absolute Gasteiger partial charge is 0.266 e. The second-order valence-corrected chi connectivity index (χ2v) is 3.23. The SMILES string of the molecule is CCc1ccc(N2CCC=N2)cc1. The second kappa shape index (κ2) is 3.60. The Bertz CT molecular complexity index is 300. The van der Waals surface area contributed by atoms with Gasteiger partial charge in [-0.25, -0.2) is 0 Å². The van der Waals surface area contributed by atoms with Crippen molar-refractivity contribution in [2.75, 3.05) is 11.6 Å². The molecule has 2 nitrogen and oxygen atoms in total. The van der Waals surface area contributed by atoms with Crippen LogP contribution in [-0.4, -0.2) is 12.8 Å². The number of hydrazone groups is 1. The summed E-state index contributed by atoms with van der Waals surface area (Å²) in [6.45, 7) is 3.19. The van der Waals surface area contributed by atoms with E-state index in [1.807, 2.05) is 11.2 Å². The molecule has 0 fully saturated rings. The van der Waals surface area contributed by atoms with Gasteiger partial charge >= 0.3 is 0 Å². The summed E-state index contributed by atoms with van der Waals surface area (Å²) in [5.41, 5.74) is 2.58. The zero-order valence-corrected chi connectivity index (χ0v) is 7.90. The molecule has 0 amide bonds. The van der Waals surface area contributed by atoms with Crippen molar-refractivity contribution in [2.24, 2.45) is 5.10 Å². The van der Waals surface area contributed by atoms with Gasteiger partial charge in [-0.1, -0.05) is 19.1 Å². The highest BCUT2D eigenvalue weighted by Gasteiger charge is 2.07. The van der Waals surface area contributed by atoms with Gasteiger partial charge in [-0.3, -0.25) is 5.01 Å². The third-order valence-electron chi connectivity index (χ3n) is 2.33. The normalized spacial score (nSPS) is 15.3. The van der Waals surface area contributed by atoms with E-state index in [4.69, 9.17) is 0 Å². The van der Waals surface area contributed by atoms with Gasteiger partial charge in [0.05, 0.1) is 5.69 Å². The fourth-order valence-electron chi connectivity index (χ4n) is 1.49. The van der Waals surface area contributed by atoms with E-state index in [9.17, 15) is 0 Å². The lowest BCUT2D eigenvalue weighted by Crippen LogP contribution is -2.11. The Hall–Kier alpha value is -1.31. The fraction of sp³-hybridized carbons (Fsp3) is 0.364. The van der Waals surface area contributed by atoms with Crippen LogP contribution < -0.4 is 5.01 Å². The number of anilines is 1. The van der Waals surface area contributed by atoms with Crippen molar-refractivity contribution < 1.29 is 0 Å². The van der Waals surface area contributed by atoms with E-state index in [0.717, 1.165) is 19.4 Å². The van der Waals surface area contributed by atoms with Crippen molar-refractivity contribution in [1.29, 1.82) is 0 Å². The summed E-state index contributed by atoms with van der Waals surface area (Å²) in [4.78, 5) is 0. The molecule has 1 aromatic carbocycles. The van der Waals surface area contributed by atoms with E-state index in [1.54, 1.807) is 0 Å². The van der Waals surface area contributed by atoms with Gasteiger partial charge in [-0.05, 0) is 24.1 Å². The summed E-state index contributed by atoms with van der Waals surface area (Å²) in [7, 11) is 0. The first-order valence-corrected chi connectivity index (χ1v) is 4.79. The average molecular weight is 174 g/mol. The molecular weight excluding hydrogens is 160 g/mol. The molecule has 0 saturated heterocycles. The van der Waals surface area contributed by atoms with Crippen LogP contribution >= 0.6 is 0 Å². The average Bonchev–Trinajstić information content (AvgIpc) is 2.71. The zero-order valence-electron chi connectivity index (χ0n) is 7.90. The topological polar surface area (TPSA) is 15.6 Å². The van der Waals surface area contributed by atoms with Gasteiger partial charge in [0.25, 0.3) is 0 Å². The molecule has 0 N–H and O–H groups in total. The first kappa shape index (κ1) is 8.30. The van der Waals surface area contributed by atoms with Crippen molar-refractivity contribution in [3.8, 4) is 0 Å². The van der Waals surface area contributed by atoms with Crippen LogP contribution in [0.1, 0.15) is 18.9 Å². The van der Waals surface area contributed by atoms with Crippen LogP contribution in [0.25, 0.3) is 0 Å². The summed E-state index contributed by atoms with van der Waals surface area (Å²) in [6.07, 6.45) is 4.13. The number of hydrogen-bond acceptors (Lipinski definition) is 2. The lowest BCUT2D eigenvalue weighted by molar-refractivity contribution is 0.921. The van der Waals surface area contributed by atoms with Crippen LogP contribution in [0, 0.1) is 0 Å². The van der Waals surface area contributed by atoms with Crippen molar-refractivity contribution in [1.82, 2.24) is 0 Å². The van der Waals surface area contributed by atoms with E-state index in [2.05, 4.69) is 36.3 Å². The van der Waals surface area contributed by atoms with Crippen molar-refractivity contribution in [3.05, 3.63) is 29.8 Å². The quantitative estimate of drug-likeness (QED) is 0.672. The number of nitrogens with zero attached hydrogens (tertiary/aromatic N) is 2. The smallest absolute Gasteiger partial charge is 0.0594 e. The monoisotopic (exact) mass is 174 g/mol. The van der Waals surface area contributed by atoms with E-state index >= 15 is 0 Å². The highest BCUT2D eigenvalue weighted by molar-refractivity contribution is 5.65. The summed E-state index contributed by atoms with van der Waals surface area (Å²) in [5.74, 6) is 0. The molecule has 0 aliphatic carbocycles. The Balaban J connectivity index is 2.17. The van der Waals surface area contributed by atoms with Crippen LogP contribution in [-0.2, 0) is 6.42 Å². The maximum atomic E-state index is 4.27. The van der Waals surface area contributed by atoms with Crippen LogP contribution in [0.4, 0.5) is 5.69 Å². The Morgan fingerprint density at radius 1 is 1.31 bits per heavy atom. The summed E-state index contributed by atoms with van der Waals surface area (Å²) >= 11 is 0. The minimum Gasteiger partial charge on any atom is -0.266 e. The Morgan fingerprint density at radius 2 is 2.08 bits per heavy atom. The van der Waals surface area contributed by atoms with Gasteiger partial charge in [0.15, 0.2) is 0 Å². The molecule has 68 valence electrons. The first-order valence-electron chi connectivity index (χ1n) is 4.79. The molecule has 2 rings (SSSR count). The third-order valence-corrected chi connectivity index (χ3v) is 2.33. The van der Waals surface area contributed by atoms with Gasteiger partial charge < -0.3 is 0 Å². The first-order chi connectivity index (χ1) is 6.40.